The van der Waals surface area contributed by atoms with Gasteiger partial charge in [-0.15, -0.1) is 0 Å². The first-order valence-electron chi connectivity index (χ1n) is 9.49. The molecule has 4 rings (SSSR count). The molecule has 2 aliphatic rings. The molecule has 2 aliphatic heterocycles. The van der Waals surface area contributed by atoms with E-state index < -0.39 is 0 Å². The summed E-state index contributed by atoms with van der Waals surface area (Å²) in [6, 6.07) is 8.61. The molecule has 0 bridgehead atoms. The Bertz CT molecular complexity index is 777. The summed E-state index contributed by atoms with van der Waals surface area (Å²) in [7, 11) is 0. The summed E-state index contributed by atoms with van der Waals surface area (Å²) in [6.07, 6.45) is 5.48. The number of aromatic nitrogens is 1. The molecule has 0 saturated carbocycles. The Morgan fingerprint density at radius 1 is 1.33 bits per heavy atom. The van der Waals surface area contributed by atoms with Crippen LogP contribution in [0.15, 0.2) is 24.3 Å². The number of rotatable bonds is 2. The molecule has 0 radical (unpaired) electrons. The van der Waals surface area contributed by atoms with Crippen molar-refractivity contribution in [3.8, 4) is 0 Å². The van der Waals surface area contributed by atoms with Gasteiger partial charge in [0.15, 0.2) is 0 Å². The van der Waals surface area contributed by atoms with E-state index in [1.54, 1.807) is 0 Å². The highest BCUT2D eigenvalue weighted by molar-refractivity contribution is 5.87. The summed E-state index contributed by atoms with van der Waals surface area (Å²) < 4.78 is 0. The standard InChI is InChI=1S/C21H28N2O/c1-4-8-15-13-14(2)20(24)23-12-7-10-17-16-9-5-6-11-18(16)22-19(17)21(15,23)3/h5-6,9,11,14-15,22H,4,7-8,10,12-13H2,1-3H3. The maximum absolute atomic E-state index is 13.0. The van der Waals surface area contributed by atoms with Crippen molar-refractivity contribution in [2.75, 3.05) is 6.54 Å². The molecule has 1 aromatic heterocycles. The molecule has 1 saturated heterocycles. The molecular formula is C21H28N2O. The zero-order valence-electron chi connectivity index (χ0n) is 15.1. The van der Waals surface area contributed by atoms with Gasteiger partial charge in [-0.05, 0) is 50.2 Å². The van der Waals surface area contributed by atoms with Gasteiger partial charge in [0.25, 0.3) is 0 Å². The molecule has 3 heteroatoms. The van der Waals surface area contributed by atoms with Crippen molar-refractivity contribution in [2.45, 2.75) is 58.4 Å². The predicted molar refractivity (Wildman–Crippen MR) is 97.9 cm³/mol. The fourth-order valence-electron chi connectivity index (χ4n) is 5.21. The van der Waals surface area contributed by atoms with E-state index in [-0.39, 0.29) is 11.5 Å². The summed E-state index contributed by atoms with van der Waals surface area (Å²) in [5.74, 6) is 1.03. The van der Waals surface area contributed by atoms with Crippen molar-refractivity contribution in [1.82, 2.24) is 9.88 Å². The minimum atomic E-state index is -0.190. The van der Waals surface area contributed by atoms with Crippen molar-refractivity contribution in [1.29, 1.82) is 0 Å². The lowest BCUT2D eigenvalue weighted by Crippen LogP contribution is -2.58. The number of fused-ring (bicyclic) bond motifs is 5. The first-order valence-corrected chi connectivity index (χ1v) is 9.49. The Labute approximate surface area is 144 Å². The molecule has 0 aliphatic carbocycles. The monoisotopic (exact) mass is 324 g/mol. The van der Waals surface area contributed by atoms with E-state index >= 15 is 0 Å². The fourth-order valence-corrected chi connectivity index (χ4v) is 5.21. The number of aromatic amines is 1. The number of nitrogens with zero attached hydrogens (tertiary/aromatic N) is 1. The number of benzene rings is 1. The van der Waals surface area contributed by atoms with E-state index in [9.17, 15) is 4.79 Å². The van der Waals surface area contributed by atoms with Crippen LogP contribution in [0.3, 0.4) is 0 Å². The lowest BCUT2D eigenvalue weighted by atomic mass is 9.70. The molecule has 2 aromatic rings. The van der Waals surface area contributed by atoms with Crippen molar-refractivity contribution >= 4 is 16.8 Å². The quantitative estimate of drug-likeness (QED) is 0.860. The number of hydrogen-bond acceptors (Lipinski definition) is 1. The van der Waals surface area contributed by atoms with Crippen LogP contribution in [0.2, 0.25) is 0 Å². The summed E-state index contributed by atoms with van der Waals surface area (Å²) in [6.45, 7) is 7.58. The Hall–Kier alpha value is -1.77. The lowest BCUT2D eigenvalue weighted by molar-refractivity contribution is -0.152. The zero-order chi connectivity index (χ0) is 16.9. The second-order valence-electron chi connectivity index (χ2n) is 7.89. The van der Waals surface area contributed by atoms with Crippen LogP contribution in [-0.4, -0.2) is 22.3 Å². The smallest absolute Gasteiger partial charge is 0.226 e. The third-order valence-corrected chi connectivity index (χ3v) is 6.45. The summed E-state index contributed by atoms with van der Waals surface area (Å²) in [5.41, 5.74) is 3.77. The van der Waals surface area contributed by atoms with E-state index in [4.69, 9.17) is 0 Å². The largest absolute Gasteiger partial charge is 0.356 e. The minimum absolute atomic E-state index is 0.153. The van der Waals surface area contributed by atoms with E-state index in [1.807, 2.05) is 0 Å². The molecule has 3 heterocycles. The number of carbonyl (C=O) groups is 1. The van der Waals surface area contributed by atoms with Crippen LogP contribution in [0, 0.1) is 11.8 Å². The Kier molecular flexibility index (Phi) is 3.70. The first kappa shape index (κ1) is 15.7. The fraction of sp³-hybridized carbons (Fsp3) is 0.571. The van der Waals surface area contributed by atoms with Gasteiger partial charge in [0.05, 0.1) is 5.54 Å². The van der Waals surface area contributed by atoms with Gasteiger partial charge in [-0.2, -0.15) is 0 Å². The van der Waals surface area contributed by atoms with Crippen LogP contribution in [0.1, 0.15) is 57.7 Å². The van der Waals surface area contributed by atoms with Crippen LogP contribution in [0.5, 0.6) is 0 Å². The summed E-state index contributed by atoms with van der Waals surface area (Å²) in [4.78, 5) is 18.9. The number of nitrogens with one attached hydrogen (secondary N) is 1. The topological polar surface area (TPSA) is 36.1 Å². The van der Waals surface area contributed by atoms with Crippen molar-refractivity contribution in [2.24, 2.45) is 11.8 Å². The zero-order valence-corrected chi connectivity index (χ0v) is 15.1. The highest BCUT2D eigenvalue weighted by atomic mass is 16.2. The van der Waals surface area contributed by atoms with Crippen molar-refractivity contribution < 1.29 is 4.79 Å². The number of carbonyl (C=O) groups excluding carboxylic acids is 1. The number of aryl methyl sites for hydroxylation is 1. The first-order chi connectivity index (χ1) is 11.6. The van der Waals surface area contributed by atoms with Gasteiger partial charge >= 0.3 is 0 Å². The summed E-state index contributed by atoms with van der Waals surface area (Å²) in [5, 5.41) is 1.34. The Morgan fingerprint density at radius 3 is 2.92 bits per heavy atom. The van der Waals surface area contributed by atoms with Gasteiger partial charge in [-0.1, -0.05) is 38.5 Å². The number of amides is 1. The molecule has 1 amide bonds. The van der Waals surface area contributed by atoms with Gasteiger partial charge in [0.1, 0.15) is 0 Å². The molecular weight excluding hydrogens is 296 g/mol. The third-order valence-electron chi connectivity index (χ3n) is 6.45. The SMILES string of the molecule is CCCC1CC(C)C(=O)N2CCCc3c([nH]c4ccccc34)C12C. The van der Waals surface area contributed by atoms with Crippen LogP contribution < -0.4 is 0 Å². The second-order valence-corrected chi connectivity index (χ2v) is 7.89. The molecule has 24 heavy (non-hydrogen) atoms. The second kappa shape index (κ2) is 5.65. The maximum Gasteiger partial charge on any atom is 0.226 e. The van der Waals surface area contributed by atoms with Crippen LogP contribution in [0.25, 0.3) is 10.9 Å². The summed E-state index contributed by atoms with van der Waals surface area (Å²) >= 11 is 0. The Morgan fingerprint density at radius 2 is 2.12 bits per heavy atom. The van der Waals surface area contributed by atoms with E-state index in [0.717, 1.165) is 25.8 Å². The number of hydrogen-bond donors (Lipinski definition) is 1. The van der Waals surface area contributed by atoms with Crippen molar-refractivity contribution in [3.05, 3.63) is 35.5 Å². The van der Waals surface area contributed by atoms with Gasteiger partial charge in [-0.3, -0.25) is 4.79 Å². The normalized spacial score (nSPS) is 30.1. The molecule has 1 fully saturated rings. The Balaban J connectivity index is 1.94. The minimum Gasteiger partial charge on any atom is -0.356 e. The molecule has 3 nitrogen and oxygen atoms in total. The lowest BCUT2D eigenvalue weighted by Gasteiger charge is -2.51. The average Bonchev–Trinajstić information content (AvgIpc) is 2.88. The van der Waals surface area contributed by atoms with Crippen LogP contribution >= 0.6 is 0 Å². The number of para-hydroxylation sites is 1. The number of piperidine rings is 1. The molecule has 128 valence electrons. The average molecular weight is 324 g/mol. The molecule has 1 aromatic carbocycles. The highest BCUT2D eigenvalue weighted by Gasteiger charge is 2.51. The number of H-pyrrole nitrogens is 1. The van der Waals surface area contributed by atoms with Crippen molar-refractivity contribution in [3.63, 3.8) is 0 Å². The van der Waals surface area contributed by atoms with E-state index in [2.05, 4.69) is 54.9 Å². The third kappa shape index (κ3) is 2.06. The van der Waals surface area contributed by atoms with Gasteiger partial charge < -0.3 is 9.88 Å². The molecule has 1 N–H and O–H groups in total. The van der Waals surface area contributed by atoms with Crippen LogP contribution in [0.4, 0.5) is 0 Å². The molecule has 3 atom stereocenters. The highest BCUT2D eigenvalue weighted by Crippen LogP contribution is 2.49. The maximum atomic E-state index is 13.0. The van der Waals surface area contributed by atoms with E-state index in [0.29, 0.717) is 11.8 Å². The predicted octanol–water partition coefficient (Wildman–Crippen LogP) is 4.61. The van der Waals surface area contributed by atoms with E-state index in [1.165, 1.54) is 35.0 Å². The van der Waals surface area contributed by atoms with Gasteiger partial charge in [0.2, 0.25) is 5.91 Å². The van der Waals surface area contributed by atoms with Crippen LogP contribution in [-0.2, 0) is 16.8 Å². The van der Waals surface area contributed by atoms with Gasteiger partial charge in [0, 0.05) is 29.1 Å². The molecule has 0 spiro atoms. The molecule has 3 unspecified atom stereocenters. The van der Waals surface area contributed by atoms with Gasteiger partial charge in [-0.25, -0.2) is 0 Å².